The molecule has 1 amide bonds. The lowest BCUT2D eigenvalue weighted by Crippen LogP contribution is -2.32. The first-order valence-electron chi connectivity index (χ1n) is 6.55. The molecule has 0 atom stereocenters. The van der Waals surface area contributed by atoms with Crippen LogP contribution in [-0.2, 0) is 4.79 Å². The number of carbonyl (C=O) groups excluding carboxylic acids is 1. The van der Waals surface area contributed by atoms with Crippen molar-refractivity contribution < 1.29 is 9.90 Å². The van der Waals surface area contributed by atoms with E-state index in [4.69, 9.17) is 0 Å². The topological polar surface area (TPSA) is 52.6 Å². The predicted molar refractivity (Wildman–Crippen MR) is 79.9 cm³/mol. The summed E-state index contributed by atoms with van der Waals surface area (Å²) < 4.78 is 0. The third kappa shape index (κ3) is 4.14. The largest absolute Gasteiger partial charge is 0.508 e. The maximum Gasteiger partial charge on any atom is 0.236 e. The van der Waals surface area contributed by atoms with E-state index in [-0.39, 0.29) is 11.7 Å². The molecule has 1 aliphatic rings. The van der Waals surface area contributed by atoms with Gasteiger partial charge in [-0.15, -0.1) is 11.8 Å². The Bertz CT molecular complexity index is 433. The maximum atomic E-state index is 12.1. The van der Waals surface area contributed by atoms with Crippen LogP contribution in [0.15, 0.2) is 24.3 Å². The molecule has 1 saturated heterocycles. The third-order valence-corrected chi connectivity index (χ3v) is 4.68. The lowest BCUT2D eigenvalue weighted by molar-refractivity contribution is -0.115. The fraction of sp³-hybridized carbons (Fsp3) is 0.500. The highest BCUT2D eigenvalue weighted by Gasteiger charge is 2.17. The second kappa shape index (κ2) is 6.82. The molecule has 104 valence electrons. The molecule has 0 radical (unpaired) electrons. The number of nitrogens with zero attached hydrogens (tertiary/aromatic N) is 1. The van der Waals surface area contributed by atoms with E-state index in [2.05, 4.69) is 5.32 Å². The summed E-state index contributed by atoms with van der Waals surface area (Å²) in [6.45, 7) is 2.10. The molecule has 1 fully saturated rings. The minimum absolute atomic E-state index is 0.0779. The van der Waals surface area contributed by atoms with Crippen molar-refractivity contribution in [1.29, 1.82) is 0 Å². The monoisotopic (exact) mass is 280 g/mol. The number of anilines is 1. The minimum atomic E-state index is 0.0779. The van der Waals surface area contributed by atoms with Gasteiger partial charge in [-0.1, -0.05) is 6.07 Å². The molecule has 2 N–H and O–H groups in total. The van der Waals surface area contributed by atoms with Gasteiger partial charge >= 0.3 is 0 Å². The molecule has 0 aliphatic carbocycles. The Kier molecular flexibility index (Phi) is 5.10. The molecule has 0 spiro atoms. The van der Waals surface area contributed by atoms with Gasteiger partial charge in [-0.25, -0.2) is 0 Å². The summed E-state index contributed by atoms with van der Waals surface area (Å²) in [7, 11) is 1.75. The summed E-state index contributed by atoms with van der Waals surface area (Å²) in [6, 6.07) is 6.78. The van der Waals surface area contributed by atoms with Crippen LogP contribution in [0.1, 0.15) is 12.8 Å². The van der Waals surface area contributed by atoms with E-state index in [1.54, 1.807) is 41.9 Å². The van der Waals surface area contributed by atoms with Crippen molar-refractivity contribution in [2.24, 2.45) is 0 Å². The number of rotatable bonds is 4. The van der Waals surface area contributed by atoms with Crippen molar-refractivity contribution >= 4 is 23.4 Å². The number of phenolic OH excluding ortho intramolecular Hbond substituents is 1. The molecular formula is C14H20N2O2S. The number of nitrogens with one attached hydrogen (secondary N) is 1. The van der Waals surface area contributed by atoms with Gasteiger partial charge < -0.3 is 15.3 Å². The average molecular weight is 280 g/mol. The predicted octanol–water partition coefficient (Wildman–Crippen LogP) is 1.84. The first kappa shape index (κ1) is 14.2. The smallest absolute Gasteiger partial charge is 0.236 e. The number of carbonyl (C=O) groups is 1. The Hall–Kier alpha value is -1.20. The zero-order chi connectivity index (χ0) is 13.7. The van der Waals surface area contributed by atoms with E-state index in [0.717, 1.165) is 31.6 Å². The van der Waals surface area contributed by atoms with E-state index < -0.39 is 0 Å². The number of piperidine rings is 1. The Morgan fingerprint density at radius 2 is 2.21 bits per heavy atom. The molecule has 0 aromatic heterocycles. The highest BCUT2D eigenvalue weighted by Crippen LogP contribution is 2.23. The van der Waals surface area contributed by atoms with Gasteiger partial charge in [0.15, 0.2) is 0 Å². The van der Waals surface area contributed by atoms with E-state index in [0.29, 0.717) is 11.0 Å². The van der Waals surface area contributed by atoms with Crippen LogP contribution in [0.2, 0.25) is 0 Å². The van der Waals surface area contributed by atoms with E-state index in [1.165, 1.54) is 0 Å². The number of phenols is 1. The van der Waals surface area contributed by atoms with Crippen LogP contribution in [-0.4, -0.2) is 42.2 Å². The lowest BCUT2D eigenvalue weighted by atomic mass is 10.2. The molecular weight excluding hydrogens is 260 g/mol. The van der Waals surface area contributed by atoms with Gasteiger partial charge in [0.05, 0.1) is 5.75 Å². The van der Waals surface area contributed by atoms with Crippen molar-refractivity contribution in [2.75, 3.05) is 30.8 Å². The molecule has 0 bridgehead atoms. The maximum absolute atomic E-state index is 12.1. The van der Waals surface area contributed by atoms with Crippen LogP contribution in [0, 0.1) is 0 Å². The van der Waals surface area contributed by atoms with Crippen molar-refractivity contribution in [3.05, 3.63) is 24.3 Å². The molecule has 1 aromatic rings. The van der Waals surface area contributed by atoms with Crippen LogP contribution in [0.25, 0.3) is 0 Å². The highest BCUT2D eigenvalue weighted by atomic mass is 32.2. The van der Waals surface area contributed by atoms with Crippen LogP contribution in [0.5, 0.6) is 5.75 Å². The summed E-state index contributed by atoms with van der Waals surface area (Å²) in [6.07, 6.45) is 2.27. The Morgan fingerprint density at radius 1 is 1.47 bits per heavy atom. The summed E-state index contributed by atoms with van der Waals surface area (Å²) in [5, 5.41) is 13.3. The molecule has 1 heterocycles. The summed E-state index contributed by atoms with van der Waals surface area (Å²) in [4.78, 5) is 13.7. The van der Waals surface area contributed by atoms with Crippen molar-refractivity contribution in [3.8, 4) is 5.75 Å². The van der Waals surface area contributed by atoms with Gasteiger partial charge in [0.1, 0.15) is 5.75 Å². The third-order valence-electron chi connectivity index (χ3n) is 3.32. The summed E-state index contributed by atoms with van der Waals surface area (Å²) >= 11 is 1.74. The summed E-state index contributed by atoms with van der Waals surface area (Å²) in [5.74, 6) is 0.758. The number of hydrogen-bond donors (Lipinski definition) is 2. The van der Waals surface area contributed by atoms with Crippen LogP contribution in [0.3, 0.4) is 0 Å². The van der Waals surface area contributed by atoms with Gasteiger partial charge in [0, 0.05) is 24.1 Å². The van der Waals surface area contributed by atoms with E-state index in [1.807, 2.05) is 6.07 Å². The highest BCUT2D eigenvalue weighted by molar-refractivity contribution is 8.00. The van der Waals surface area contributed by atoms with Gasteiger partial charge in [0.2, 0.25) is 5.91 Å². The van der Waals surface area contributed by atoms with Crippen molar-refractivity contribution in [1.82, 2.24) is 5.32 Å². The molecule has 19 heavy (non-hydrogen) atoms. The normalized spacial score (nSPS) is 16.3. The summed E-state index contributed by atoms with van der Waals surface area (Å²) in [5.41, 5.74) is 0.732. The number of amides is 1. The molecule has 5 heteroatoms. The van der Waals surface area contributed by atoms with Gasteiger partial charge in [-0.2, -0.15) is 0 Å². The fourth-order valence-corrected chi connectivity index (χ4v) is 3.23. The second-order valence-electron chi connectivity index (χ2n) is 4.73. The zero-order valence-electron chi connectivity index (χ0n) is 11.1. The second-order valence-corrected chi connectivity index (χ2v) is 6.02. The quantitative estimate of drug-likeness (QED) is 0.883. The SMILES string of the molecule is CN(C(=O)CSC1CCNCC1)c1cccc(O)c1. The number of aromatic hydroxyl groups is 1. The Labute approximate surface area is 118 Å². The van der Waals surface area contributed by atoms with Crippen molar-refractivity contribution in [3.63, 3.8) is 0 Å². The average Bonchev–Trinajstić information content (AvgIpc) is 2.45. The van der Waals surface area contributed by atoms with Crippen LogP contribution < -0.4 is 10.2 Å². The standard InChI is InChI=1S/C14H20N2O2S/c1-16(11-3-2-4-12(17)9-11)14(18)10-19-13-5-7-15-8-6-13/h2-4,9,13,15,17H,5-8,10H2,1H3. The fourth-order valence-electron chi connectivity index (χ4n) is 2.09. The molecule has 4 nitrogen and oxygen atoms in total. The van der Waals surface area contributed by atoms with E-state index >= 15 is 0 Å². The minimum Gasteiger partial charge on any atom is -0.508 e. The molecule has 2 rings (SSSR count). The van der Waals surface area contributed by atoms with Crippen molar-refractivity contribution in [2.45, 2.75) is 18.1 Å². The van der Waals surface area contributed by atoms with Crippen LogP contribution in [0.4, 0.5) is 5.69 Å². The van der Waals surface area contributed by atoms with Gasteiger partial charge in [-0.3, -0.25) is 4.79 Å². The van der Waals surface area contributed by atoms with E-state index in [9.17, 15) is 9.90 Å². The van der Waals surface area contributed by atoms with Gasteiger partial charge in [-0.05, 0) is 38.1 Å². The first-order valence-corrected chi connectivity index (χ1v) is 7.59. The van der Waals surface area contributed by atoms with Gasteiger partial charge in [0.25, 0.3) is 0 Å². The first-order chi connectivity index (χ1) is 9.16. The zero-order valence-corrected chi connectivity index (χ0v) is 11.9. The number of thioether (sulfide) groups is 1. The Morgan fingerprint density at radius 3 is 2.89 bits per heavy atom. The number of benzene rings is 1. The molecule has 0 unspecified atom stereocenters. The number of hydrogen-bond acceptors (Lipinski definition) is 4. The molecule has 1 aromatic carbocycles. The Balaban J connectivity index is 1.85. The molecule has 0 saturated carbocycles. The van der Waals surface area contributed by atoms with Crippen LogP contribution >= 0.6 is 11.8 Å². The lowest BCUT2D eigenvalue weighted by Gasteiger charge is -2.23. The molecule has 1 aliphatic heterocycles.